The van der Waals surface area contributed by atoms with Gasteiger partial charge in [0.25, 0.3) is 0 Å². The largest absolute Gasteiger partial charge is 0.395 e. The molecule has 2 N–H and O–H groups in total. The van der Waals surface area contributed by atoms with Crippen molar-refractivity contribution in [3.63, 3.8) is 0 Å². The molecular formula is C10H19NO2. The number of ether oxygens (including phenoxy) is 1. The molecule has 3 nitrogen and oxygen atoms in total. The Morgan fingerprint density at radius 1 is 1.31 bits per heavy atom. The molecule has 0 radical (unpaired) electrons. The molecule has 0 aromatic heterocycles. The topological polar surface area (TPSA) is 41.5 Å². The summed E-state index contributed by atoms with van der Waals surface area (Å²) in [6.07, 6.45) is 4.77. The molecule has 2 rings (SSSR count). The van der Waals surface area contributed by atoms with Crippen LogP contribution in [0.1, 0.15) is 25.7 Å². The number of aliphatic hydroxyl groups excluding tert-OH is 1. The maximum Gasteiger partial charge on any atom is 0.0584 e. The van der Waals surface area contributed by atoms with Crippen LogP contribution in [0.2, 0.25) is 0 Å². The molecule has 0 saturated carbocycles. The van der Waals surface area contributed by atoms with Gasteiger partial charge in [-0.1, -0.05) is 0 Å². The minimum absolute atomic E-state index is 0.284. The average Bonchev–Trinajstić information content (AvgIpc) is 2.20. The van der Waals surface area contributed by atoms with Crippen molar-refractivity contribution in [1.82, 2.24) is 5.32 Å². The molecule has 0 amide bonds. The zero-order valence-electron chi connectivity index (χ0n) is 8.09. The van der Waals surface area contributed by atoms with Gasteiger partial charge in [-0.2, -0.15) is 0 Å². The van der Waals surface area contributed by atoms with Crippen LogP contribution in [-0.2, 0) is 4.74 Å². The van der Waals surface area contributed by atoms with Crippen LogP contribution in [0.4, 0.5) is 0 Å². The van der Waals surface area contributed by atoms with Crippen LogP contribution < -0.4 is 5.32 Å². The summed E-state index contributed by atoms with van der Waals surface area (Å²) in [5.74, 6) is 0. The predicted molar refractivity (Wildman–Crippen MR) is 50.6 cm³/mol. The first-order valence-electron chi connectivity index (χ1n) is 5.27. The highest BCUT2D eigenvalue weighted by Crippen LogP contribution is 2.37. The number of piperidine rings is 1. The molecule has 2 fully saturated rings. The summed E-state index contributed by atoms with van der Waals surface area (Å²) in [4.78, 5) is 0. The lowest BCUT2D eigenvalue weighted by Crippen LogP contribution is -2.49. The van der Waals surface area contributed by atoms with E-state index in [2.05, 4.69) is 5.32 Å². The van der Waals surface area contributed by atoms with Crippen LogP contribution in [-0.4, -0.2) is 37.5 Å². The fraction of sp³-hybridized carbons (Fsp3) is 1.00. The fourth-order valence-corrected chi connectivity index (χ4v) is 2.42. The van der Waals surface area contributed by atoms with E-state index in [-0.39, 0.29) is 6.61 Å². The van der Waals surface area contributed by atoms with Crippen LogP contribution in [0, 0.1) is 5.41 Å². The smallest absolute Gasteiger partial charge is 0.0584 e. The Morgan fingerprint density at radius 3 is 2.62 bits per heavy atom. The van der Waals surface area contributed by atoms with Crippen molar-refractivity contribution in [3.05, 3.63) is 0 Å². The van der Waals surface area contributed by atoms with E-state index in [9.17, 15) is 0 Å². The number of rotatable bonds is 1. The molecular weight excluding hydrogens is 166 g/mol. The molecule has 1 spiro atoms. The van der Waals surface area contributed by atoms with Crippen molar-refractivity contribution < 1.29 is 9.84 Å². The molecule has 1 atom stereocenters. The summed E-state index contributed by atoms with van der Waals surface area (Å²) in [5.41, 5.74) is 0.490. The molecule has 13 heavy (non-hydrogen) atoms. The van der Waals surface area contributed by atoms with E-state index in [0.717, 1.165) is 26.2 Å². The molecule has 3 heteroatoms. The molecule has 2 aliphatic rings. The molecule has 2 aliphatic heterocycles. The Morgan fingerprint density at radius 2 is 2.08 bits per heavy atom. The summed E-state index contributed by atoms with van der Waals surface area (Å²) in [6, 6.07) is 0.341. The molecule has 0 bridgehead atoms. The van der Waals surface area contributed by atoms with E-state index >= 15 is 0 Å². The van der Waals surface area contributed by atoms with Gasteiger partial charge in [0.05, 0.1) is 6.61 Å². The minimum Gasteiger partial charge on any atom is -0.395 e. The summed E-state index contributed by atoms with van der Waals surface area (Å²) in [7, 11) is 0. The van der Waals surface area contributed by atoms with Gasteiger partial charge in [-0.3, -0.25) is 0 Å². The van der Waals surface area contributed by atoms with Crippen molar-refractivity contribution in [2.75, 3.05) is 26.4 Å². The second-order valence-corrected chi connectivity index (χ2v) is 4.41. The van der Waals surface area contributed by atoms with Gasteiger partial charge in [-0.25, -0.2) is 0 Å². The highest BCUT2D eigenvalue weighted by atomic mass is 16.5. The Hall–Kier alpha value is -0.120. The minimum atomic E-state index is 0.284. The molecule has 0 aromatic carbocycles. The lowest BCUT2D eigenvalue weighted by molar-refractivity contribution is -0.00645. The zero-order valence-corrected chi connectivity index (χ0v) is 8.09. The maximum absolute atomic E-state index is 8.99. The Kier molecular flexibility index (Phi) is 2.86. The molecule has 2 heterocycles. The van der Waals surface area contributed by atoms with Crippen LogP contribution >= 0.6 is 0 Å². The third kappa shape index (κ3) is 2.03. The van der Waals surface area contributed by atoms with Crippen LogP contribution in [0.25, 0.3) is 0 Å². The lowest BCUT2D eigenvalue weighted by Gasteiger charge is -2.43. The zero-order chi connectivity index (χ0) is 9.15. The third-order valence-corrected chi connectivity index (χ3v) is 3.56. The van der Waals surface area contributed by atoms with Crippen LogP contribution in [0.5, 0.6) is 0 Å². The Balaban J connectivity index is 1.87. The van der Waals surface area contributed by atoms with Gasteiger partial charge in [0, 0.05) is 25.8 Å². The monoisotopic (exact) mass is 185 g/mol. The number of nitrogens with one attached hydrogen (secondary N) is 1. The van der Waals surface area contributed by atoms with E-state index in [4.69, 9.17) is 9.84 Å². The number of hydrogen-bond donors (Lipinski definition) is 2. The van der Waals surface area contributed by atoms with E-state index in [1.165, 1.54) is 19.3 Å². The van der Waals surface area contributed by atoms with Crippen LogP contribution in [0.15, 0.2) is 0 Å². The summed E-state index contributed by atoms with van der Waals surface area (Å²) >= 11 is 0. The molecule has 0 aliphatic carbocycles. The maximum atomic E-state index is 8.99. The van der Waals surface area contributed by atoms with Crippen molar-refractivity contribution in [2.24, 2.45) is 5.41 Å². The van der Waals surface area contributed by atoms with Gasteiger partial charge in [-0.05, 0) is 31.1 Å². The standard InChI is InChI=1S/C10H19NO2/c12-7-9-1-2-10(8-11-9)3-5-13-6-4-10/h9,11-12H,1-8H2/t9-/m1/s1. The van der Waals surface area contributed by atoms with Crippen molar-refractivity contribution in [2.45, 2.75) is 31.7 Å². The van der Waals surface area contributed by atoms with Crippen molar-refractivity contribution >= 4 is 0 Å². The molecule has 2 saturated heterocycles. The van der Waals surface area contributed by atoms with E-state index in [0.29, 0.717) is 11.5 Å². The normalized spacial score (nSPS) is 33.5. The highest BCUT2D eigenvalue weighted by Gasteiger charge is 2.36. The first kappa shape index (κ1) is 9.44. The van der Waals surface area contributed by atoms with Crippen LogP contribution in [0.3, 0.4) is 0 Å². The second-order valence-electron chi connectivity index (χ2n) is 4.41. The SMILES string of the molecule is OC[C@H]1CCC2(CCOCC2)CN1. The van der Waals surface area contributed by atoms with E-state index < -0.39 is 0 Å². The van der Waals surface area contributed by atoms with Crippen molar-refractivity contribution in [3.8, 4) is 0 Å². The van der Waals surface area contributed by atoms with E-state index in [1.54, 1.807) is 0 Å². The van der Waals surface area contributed by atoms with Gasteiger partial charge >= 0.3 is 0 Å². The molecule has 76 valence electrons. The van der Waals surface area contributed by atoms with Crippen molar-refractivity contribution in [1.29, 1.82) is 0 Å². The van der Waals surface area contributed by atoms with Gasteiger partial charge in [-0.15, -0.1) is 0 Å². The Bertz CT molecular complexity index is 156. The van der Waals surface area contributed by atoms with E-state index in [1.807, 2.05) is 0 Å². The van der Waals surface area contributed by atoms with Gasteiger partial charge in [0.2, 0.25) is 0 Å². The molecule has 0 aromatic rings. The fourth-order valence-electron chi connectivity index (χ4n) is 2.42. The summed E-state index contributed by atoms with van der Waals surface area (Å²) in [5, 5.41) is 12.4. The average molecular weight is 185 g/mol. The van der Waals surface area contributed by atoms with Gasteiger partial charge in [0.15, 0.2) is 0 Å². The number of aliphatic hydroxyl groups is 1. The third-order valence-electron chi connectivity index (χ3n) is 3.56. The number of hydrogen-bond acceptors (Lipinski definition) is 3. The molecule has 0 unspecified atom stereocenters. The quantitative estimate of drug-likeness (QED) is 0.626. The second kappa shape index (κ2) is 3.95. The van der Waals surface area contributed by atoms with Gasteiger partial charge < -0.3 is 15.2 Å². The first-order valence-corrected chi connectivity index (χ1v) is 5.27. The van der Waals surface area contributed by atoms with Gasteiger partial charge in [0.1, 0.15) is 0 Å². The summed E-state index contributed by atoms with van der Waals surface area (Å²) < 4.78 is 5.37. The highest BCUT2D eigenvalue weighted by molar-refractivity contribution is 4.90. The Labute approximate surface area is 79.5 Å². The summed E-state index contributed by atoms with van der Waals surface area (Å²) in [6.45, 7) is 3.20. The predicted octanol–water partition coefficient (Wildman–Crippen LogP) is 0.527. The first-order chi connectivity index (χ1) is 6.35. The lowest BCUT2D eigenvalue weighted by atomic mass is 9.73.